The van der Waals surface area contributed by atoms with Gasteiger partial charge in [0, 0.05) is 23.3 Å². The number of pyridine rings is 1. The number of rotatable bonds is 2. The highest BCUT2D eigenvalue weighted by Gasteiger charge is 2.30. The highest BCUT2D eigenvalue weighted by atomic mass is 32.1. The number of thiazole rings is 1. The van der Waals surface area contributed by atoms with E-state index in [1.807, 2.05) is 17.5 Å². The number of carbonyl (C=O) groups excluding carboxylic acids is 2. The van der Waals surface area contributed by atoms with Crippen LogP contribution < -0.4 is 4.90 Å². The van der Waals surface area contributed by atoms with Crippen molar-refractivity contribution in [2.75, 3.05) is 11.4 Å². The van der Waals surface area contributed by atoms with E-state index < -0.39 is 0 Å². The fourth-order valence-corrected chi connectivity index (χ4v) is 2.64. The first-order chi connectivity index (χ1) is 8.74. The lowest BCUT2D eigenvalue weighted by atomic mass is 10.2. The summed E-state index contributed by atoms with van der Waals surface area (Å²) in [6.07, 6.45) is 3.40. The number of nitrogens with zero attached hydrogens (tertiary/aromatic N) is 3. The van der Waals surface area contributed by atoms with Crippen molar-refractivity contribution in [1.29, 1.82) is 0 Å². The second kappa shape index (κ2) is 4.30. The maximum Gasteiger partial charge on any atom is 0.236 e. The topological polar surface area (TPSA) is 63.2 Å². The maximum atomic E-state index is 11.6. The molecule has 6 heteroatoms. The number of hydrogen-bond donors (Lipinski definition) is 0. The summed E-state index contributed by atoms with van der Waals surface area (Å²) >= 11 is 1.36. The van der Waals surface area contributed by atoms with E-state index in [0.717, 1.165) is 11.3 Å². The van der Waals surface area contributed by atoms with E-state index in [1.54, 1.807) is 12.4 Å². The molecule has 1 saturated heterocycles. The van der Waals surface area contributed by atoms with Crippen molar-refractivity contribution in [3.63, 3.8) is 0 Å². The van der Waals surface area contributed by atoms with Gasteiger partial charge in [-0.25, -0.2) is 4.98 Å². The molecule has 2 aromatic heterocycles. The second-order valence-corrected chi connectivity index (χ2v) is 4.79. The van der Waals surface area contributed by atoms with Gasteiger partial charge in [0.2, 0.25) is 5.91 Å². The summed E-state index contributed by atoms with van der Waals surface area (Å²) in [5.41, 5.74) is 1.67. The Kier molecular flexibility index (Phi) is 2.64. The smallest absolute Gasteiger partial charge is 0.236 e. The molecule has 3 rings (SSSR count). The average molecular weight is 259 g/mol. The molecule has 0 aromatic carbocycles. The zero-order valence-corrected chi connectivity index (χ0v) is 10.2. The minimum atomic E-state index is -0.174. The molecular weight excluding hydrogens is 250 g/mol. The quantitative estimate of drug-likeness (QED) is 0.767. The Morgan fingerprint density at radius 2 is 2.22 bits per heavy atom. The Labute approximate surface area is 107 Å². The lowest BCUT2D eigenvalue weighted by molar-refractivity contribution is -0.121. The molecule has 1 aliphatic rings. The summed E-state index contributed by atoms with van der Waals surface area (Å²) in [4.78, 5) is 32.6. The zero-order chi connectivity index (χ0) is 12.5. The molecule has 0 bridgehead atoms. The van der Waals surface area contributed by atoms with Gasteiger partial charge in [-0.05, 0) is 12.1 Å². The Morgan fingerprint density at radius 3 is 2.89 bits per heavy atom. The Bertz CT molecular complexity index is 609. The minimum absolute atomic E-state index is 0.0121. The number of carbonyl (C=O) groups is 2. The first-order valence-corrected chi connectivity index (χ1v) is 6.30. The number of anilines is 1. The van der Waals surface area contributed by atoms with Crippen LogP contribution in [0, 0.1) is 0 Å². The second-order valence-electron chi connectivity index (χ2n) is 3.95. The summed E-state index contributed by atoms with van der Waals surface area (Å²) in [5, 5.41) is 2.44. The third-order valence-corrected chi connectivity index (χ3v) is 3.53. The predicted molar refractivity (Wildman–Crippen MR) is 67.3 cm³/mol. The van der Waals surface area contributed by atoms with Crippen LogP contribution >= 0.6 is 11.3 Å². The van der Waals surface area contributed by atoms with E-state index in [0.29, 0.717) is 5.13 Å². The van der Waals surface area contributed by atoms with Crippen molar-refractivity contribution in [3.8, 4) is 11.3 Å². The van der Waals surface area contributed by atoms with E-state index in [9.17, 15) is 9.59 Å². The zero-order valence-electron chi connectivity index (χ0n) is 9.37. The first-order valence-electron chi connectivity index (χ1n) is 5.42. The maximum absolute atomic E-state index is 11.6. The minimum Gasteiger partial charge on any atom is -0.297 e. The number of ketones is 1. The molecule has 0 N–H and O–H groups in total. The van der Waals surface area contributed by atoms with Gasteiger partial charge in [0.25, 0.3) is 0 Å². The largest absolute Gasteiger partial charge is 0.297 e. The van der Waals surface area contributed by atoms with Crippen LogP contribution in [-0.2, 0) is 9.59 Å². The van der Waals surface area contributed by atoms with E-state index in [2.05, 4.69) is 9.97 Å². The molecule has 0 aliphatic carbocycles. The van der Waals surface area contributed by atoms with Crippen LogP contribution in [0.4, 0.5) is 5.13 Å². The number of hydrogen-bond acceptors (Lipinski definition) is 5. The van der Waals surface area contributed by atoms with Crippen molar-refractivity contribution in [2.24, 2.45) is 0 Å². The molecule has 1 amide bonds. The number of Topliss-reactive ketones (excluding diaryl/α,β-unsaturated/α-hetero) is 1. The molecule has 1 fully saturated rings. The van der Waals surface area contributed by atoms with Gasteiger partial charge >= 0.3 is 0 Å². The van der Waals surface area contributed by atoms with Crippen LogP contribution in [0.1, 0.15) is 6.42 Å². The van der Waals surface area contributed by atoms with Crippen LogP contribution in [0.25, 0.3) is 11.3 Å². The summed E-state index contributed by atoms with van der Waals surface area (Å²) in [6, 6.07) is 3.74. The van der Waals surface area contributed by atoms with Crippen LogP contribution in [0.15, 0.2) is 29.9 Å². The van der Waals surface area contributed by atoms with Gasteiger partial charge in [-0.3, -0.25) is 19.5 Å². The Morgan fingerprint density at radius 1 is 1.33 bits per heavy atom. The van der Waals surface area contributed by atoms with Crippen molar-refractivity contribution in [1.82, 2.24) is 9.97 Å². The SMILES string of the molecule is O=C1CC(=O)N(c2nc(-c3cccnc3)cs2)C1. The summed E-state index contributed by atoms with van der Waals surface area (Å²) in [7, 11) is 0. The molecule has 0 saturated carbocycles. The van der Waals surface area contributed by atoms with Gasteiger partial charge in [-0.15, -0.1) is 11.3 Å². The third-order valence-electron chi connectivity index (χ3n) is 2.66. The summed E-state index contributed by atoms with van der Waals surface area (Å²) < 4.78 is 0. The van der Waals surface area contributed by atoms with Crippen LogP contribution in [0.2, 0.25) is 0 Å². The summed E-state index contributed by atoms with van der Waals surface area (Å²) in [6.45, 7) is 0.138. The Balaban J connectivity index is 1.91. The van der Waals surface area contributed by atoms with Gasteiger partial charge in [0.05, 0.1) is 18.7 Å². The van der Waals surface area contributed by atoms with E-state index in [4.69, 9.17) is 0 Å². The van der Waals surface area contributed by atoms with E-state index in [-0.39, 0.29) is 24.7 Å². The predicted octanol–water partition coefficient (Wildman–Crippen LogP) is 1.51. The van der Waals surface area contributed by atoms with Crippen molar-refractivity contribution < 1.29 is 9.59 Å². The number of aromatic nitrogens is 2. The van der Waals surface area contributed by atoms with Crippen molar-refractivity contribution in [3.05, 3.63) is 29.9 Å². The molecular formula is C12H9N3O2S. The molecule has 18 heavy (non-hydrogen) atoms. The van der Waals surface area contributed by atoms with Crippen molar-refractivity contribution >= 4 is 28.2 Å². The van der Waals surface area contributed by atoms with E-state index >= 15 is 0 Å². The fraction of sp³-hybridized carbons (Fsp3) is 0.167. The van der Waals surface area contributed by atoms with Gasteiger partial charge in [0.1, 0.15) is 0 Å². The first kappa shape index (κ1) is 11.0. The Hall–Kier alpha value is -2.08. The standard InChI is InChI=1S/C12H9N3O2S/c16-9-4-11(17)15(6-9)12-14-10(7-18-12)8-2-1-3-13-5-8/h1-3,5,7H,4,6H2. The molecule has 90 valence electrons. The molecule has 0 spiro atoms. The van der Waals surface area contributed by atoms with E-state index in [1.165, 1.54) is 16.2 Å². The molecule has 3 heterocycles. The highest BCUT2D eigenvalue weighted by molar-refractivity contribution is 7.14. The molecule has 5 nitrogen and oxygen atoms in total. The molecule has 0 unspecified atom stereocenters. The van der Waals surface area contributed by atoms with Crippen LogP contribution in [-0.4, -0.2) is 28.2 Å². The van der Waals surface area contributed by atoms with Gasteiger partial charge in [-0.1, -0.05) is 0 Å². The average Bonchev–Trinajstić information content (AvgIpc) is 2.97. The number of amides is 1. The highest BCUT2D eigenvalue weighted by Crippen LogP contribution is 2.28. The monoisotopic (exact) mass is 259 g/mol. The normalized spacial score (nSPS) is 15.4. The lowest BCUT2D eigenvalue weighted by Crippen LogP contribution is -2.24. The van der Waals surface area contributed by atoms with Crippen molar-refractivity contribution in [2.45, 2.75) is 6.42 Å². The molecule has 2 aromatic rings. The molecule has 1 aliphatic heterocycles. The van der Waals surface area contributed by atoms with Gasteiger partial charge in [0.15, 0.2) is 10.9 Å². The van der Waals surface area contributed by atoms with Gasteiger partial charge < -0.3 is 0 Å². The molecule has 0 atom stereocenters. The van der Waals surface area contributed by atoms with Crippen LogP contribution in [0.5, 0.6) is 0 Å². The third kappa shape index (κ3) is 1.91. The van der Waals surface area contributed by atoms with Crippen LogP contribution in [0.3, 0.4) is 0 Å². The van der Waals surface area contributed by atoms with Gasteiger partial charge in [-0.2, -0.15) is 0 Å². The molecule has 0 radical (unpaired) electrons. The fourth-order valence-electron chi connectivity index (χ4n) is 1.79. The lowest BCUT2D eigenvalue weighted by Gasteiger charge is -2.09. The summed E-state index contributed by atoms with van der Waals surface area (Å²) in [5.74, 6) is -0.231.